The fourth-order valence-corrected chi connectivity index (χ4v) is 2.87. The van der Waals surface area contributed by atoms with Crippen molar-refractivity contribution in [2.45, 2.75) is 58.3 Å². The number of unbranched alkanes of at least 4 members (excludes halogenated alkanes) is 4. The number of nitrogens with zero attached hydrogens (tertiary/aromatic N) is 2. The maximum Gasteiger partial charge on any atom is 0.311 e. The summed E-state index contributed by atoms with van der Waals surface area (Å²) in [6.07, 6.45) is 12.5. The van der Waals surface area contributed by atoms with Gasteiger partial charge in [0.15, 0.2) is 11.6 Å². The molecule has 0 saturated carbocycles. The normalized spacial score (nSPS) is 10.6. The number of rotatable bonds is 16. The monoisotopic (exact) mass is 426 g/mol. The highest BCUT2D eigenvalue weighted by Gasteiger charge is 2.07. The van der Waals surface area contributed by atoms with Gasteiger partial charge in [-0.25, -0.2) is 9.97 Å². The molecule has 0 radical (unpaired) electrons. The molecule has 2 aromatic rings. The molecule has 0 N–H and O–H groups in total. The van der Waals surface area contributed by atoms with E-state index in [4.69, 9.17) is 14.2 Å². The maximum atomic E-state index is 11.9. The largest absolute Gasteiger partial charge is 0.490 e. The maximum absolute atomic E-state index is 11.9. The SMILES string of the molecule is C=CCCCCCC(=O)Oc1ccc(-c2ncc(OCCCCOCCC)cn2)cc1. The summed E-state index contributed by atoms with van der Waals surface area (Å²) in [4.78, 5) is 20.7. The quantitative estimate of drug-likeness (QED) is 0.147. The van der Waals surface area contributed by atoms with Crippen molar-refractivity contribution in [1.82, 2.24) is 9.97 Å². The number of hydrogen-bond donors (Lipinski definition) is 0. The molecule has 0 amide bonds. The number of aromatic nitrogens is 2. The molecular formula is C25H34N2O4. The molecule has 0 atom stereocenters. The summed E-state index contributed by atoms with van der Waals surface area (Å²) in [5, 5.41) is 0. The predicted octanol–water partition coefficient (Wildman–Crippen LogP) is 5.77. The third kappa shape index (κ3) is 10.2. The van der Waals surface area contributed by atoms with E-state index in [1.54, 1.807) is 24.5 Å². The molecule has 0 aliphatic heterocycles. The topological polar surface area (TPSA) is 70.5 Å². The van der Waals surface area contributed by atoms with E-state index in [0.717, 1.165) is 63.7 Å². The zero-order valence-electron chi connectivity index (χ0n) is 18.6. The number of allylic oxidation sites excluding steroid dienone is 1. The van der Waals surface area contributed by atoms with Gasteiger partial charge in [0.05, 0.1) is 19.0 Å². The third-order valence-corrected chi connectivity index (χ3v) is 4.56. The second-order valence-corrected chi connectivity index (χ2v) is 7.30. The lowest BCUT2D eigenvalue weighted by molar-refractivity contribution is -0.134. The fourth-order valence-electron chi connectivity index (χ4n) is 2.87. The summed E-state index contributed by atoms with van der Waals surface area (Å²) >= 11 is 0. The van der Waals surface area contributed by atoms with E-state index < -0.39 is 0 Å². The zero-order valence-corrected chi connectivity index (χ0v) is 18.6. The summed E-state index contributed by atoms with van der Waals surface area (Å²) in [6.45, 7) is 8.00. The smallest absolute Gasteiger partial charge is 0.311 e. The van der Waals surface area contributed by atoms with Crippen molar-refractivity contribution in [3.05, 3.63) is 49.3 Å². The first kappa shape index (κ1) is 24.5. The molecule has 0 aliphatic carbocycles. The van der Waals surface area contributed by atoms with Gasteiger partial charge < -0.3 is 14.2 Å². The van der Waals surface area contributed by atoms with E-state index >= 15 is 0 Å². The summed E-state index contributed by atoms with van der Waals surface area (Å²) in [6, 6.07) is 7.22. The van der Waals surface area contributed by atoms with Gasteiger partial charge in [0.25, 0.3) is 0 Å². The molecule has 1 heterocycles. The number of ether oxygens (including phenoxy) is 3. The van der Waals surface area contributed by atoms with E-state index in [2.05, 4.69) is 23.5 Å². The Morgan fingerprint density at radius 1 is 0.935 bits per heavy atom. The van der Waals surface area contributed by atoms with Gasteiger partial charge in [-0.1, -0.05) is 19.4 Å². The van der Waals surface area contributed by atoms with Gasteiger partial charge in [-0.15, -0.1) is 6.58 Å². The molecule has 0 spiro atoms. The van der Waals surface area contributed by atoms with E-state index in [1.165, 1.54) is 0 Å². The van der Waals surface area contributed by atoms with Crippen LogP contribution in [0.1, 0.15) is 58.3 Å². The van der Waals surface area contributed by atoms with E-state index in [0.29, 0.717) is 30.4 Å². The lowest BCUT2D eigenvalue weighted by atomic mass is 10.1. The molecule has 0 aliphatic rings. The number of benzene rings is 1. The average Bonchev–Trinajstić information content (AvgIpc) is 2.79. The minimum Gasteiger partial charge on any atom is -0.490 e. The highest BCUT2D eigenvalue weighted by Crippen LogP contribution is 2.21. The molecule has 6 heteroatoms. The first-order valence-electron chi connectivity index (χ1n) is 11.2. The van der Waals surface area contributed by atoms with Crippen molar-refractivity contribution in [2.24, 2.45) is 0 Å². The van der Waals surface area contributed by atoms with Gasteiger partial charge >= 0.3 is 5.97 Å². The Morgan fingerprint density at radius 2 is 1.68 bits per heavy atom. The molecule has 168 valence electrons. The highest BCUT2D eigenvalue weighted by atomic mass is 16.5. The van der Waals surface area contributed by atoms with Crippen LogP contribution in [0.25, 0.3) is 11.4 Å². The van der Waals surface area contributed by atoms with E-state index in [1.807, 2.05) is 18.2 Å². The molecule has 6 nitrogen and oxygen atoms in total. The summed E-state index contributed by atoms with van der Waals surface area (Å²) < 4.78 is 16.5. The number of esters is 1. The molecule has 0 saturated heterocycles. The zero-order chi connectivity index (χ0) is 22.2. The molecule has 1 aromatic carbocycles. The Kier molecular flexibility index (Phi) is 12.0. The summed E-state index contributed by atoms with van der Waals surface area (Å²) in [7, 11) is 0. The molecule has 1 aromatic heterocycles. The summed E-state index contributed by atoms with van der Waals surface area (Å²) in [5.41, 5.74) is 0.851. The lowest BCUT2D eigenvalue weighted by Gasteiger charge is -2.07. The Bertz CT molecular complexity index is 760. The molecule has 31 heavy (non-hydrogen) atoms. The van der Waals surface area contributed by atoms with Crippen LogP contribution < -0.4 is 9.47 Å². The Hall–Kier alpha value is -2.73. The van der Waals surface area contributed by atoms with Crippen molar-refractivity contribution in [1.29, 1.82) is 0 Å². The lowest BCUT2D eigenvalue weighted by Crippen LogP contribution is -2.07. The number of hydrogen-bond acceptors (Lipinski definition) is 6. The predicted molar refractivity (Wildman–Crippen MR) is 122 cm³/mol. The van der Waals surface area contributed by atoms with Crippen molar-refractivity contribution < 1.29 is 19.0 Å². The minimum atomic E-state index is -0.207. The van der Waals surface area contributed by atoms with E-state index in [-0.39, 0.29) is 5.97 Å². The molecular weight excluding hydrogens is 392 g/mol. The van der Waals surface area contributed by atoms with Crippen LogP contribution in [0.3, 0.4) is 0 Å². The van der Waals surface area contributed by atoms with Crippen LogP contribution in [-0.4, -0.2) is 35.8 Å². The average molecular weight is 427 g/mol. The standard InChI is InChI=1S/C25H34N2O4/c1-3-5-6-7-8-11-24(28)31-22-14-12-21(13-15-22)25-26-19-23(20-27-25)30-18-10-9-17-29-16-4-2/h3,12-15,19-20H,1,4-11,16-18H2,2H3. The molecule has 0 bridgehead atoms. The molecule has 0 unspecified atom stereocenters. The van der Waals surface area contributed by atoms with Crippen LogP contribution in [0.2, 0.25) is 0 Å². The van der Waals surface area contributed by atoms with E-state index in [9.17, 15) is 4.79 Å². The highest BCUT2D eigenvalue weighted by molar-refractivity contribution is 5.72. The Morgan fingerprint density at radius 3 is 2.39 bits per heavy atom. The second kappa shape index (κ2) is 15.1. The minimum absolute atomic E-state index is 0.207. The van der Waals surface area contributed by atoms with Crippen LogP contribution in [0, 0.1) is 0 Å². The molecule has 2 rings (SSSR count). The Balaban J connectivity index is 1.72. The molecule has 0 fully saturated rings. The van der Waals surface area contributed by atoms with Gasteiger partial charge in [-0.05, 0) is 62.8 Å². The van der Waals surface area contributed by atoms with Gasteiger partial charge in [-0.2, -0.15) is 0 Å². The Labute approximate surface area is 185 Å². The first-order valence-corrected chi connectivity index (χ1v) is 11.2. The van der Waals surface area contributed by atoms with Crippen LogP contribution >= 0.6 is 0 Å². The van der Waals surface area contributed by atoms with Crippen LogP contribution in [0.15, 0.2) is 49.3 Å². The van der Waals surface area contributed by atoms with Gasteiger partial charge in [0.2, 0.25) is 0 Å². The van der Waals surface area contributed by atoms with Crippen molar-refractivity contribution in [2.75, 3.05) is 19.8 Å². The van der Waals surface area contributed by atoms with Crippen LogP contribution in [0.5, 0.6) is 11.5 Å². The van der Waals surface area contributed by atoms with Crippen molar-refractivity contribution in [3.8, 4) is 22.9 Å². The number of carbonyl (C=O) groups is 1. The van der Waals surface area contributed by atoms with Gasteiger partial charge in [0.1, 0.15) is 5.75 Å². The van der Waals surface area contributed by atoms with Crippen LogP contribution in [-0.2, 0) is 9.53 Å². The first-order chi connectivity index (χ1) is 15.2. The fraction of sp³-hybridized carbons (Fsp3) is 0.480. The summed E-state index contributed by atoms with van der Waals surface area (Å²) in [5.74, 6) is 1.57. The number of carbonyl (C=O) groups excluding carboxylic acids is 1. The van der Waals surface area contributed by atoms with Gasteiger partial charge in [0, 0.05) is 25.2 Å². The van der Waals surface area contributed by atoms with Crippen molar-refractivity contribution >= 4 is 5.97 Å². The third-order valence-electron chi connectivity index (χ3n) is 4.56. The van der Waals surface area contributed by atoms with Crippen molar-refractivity contribution in [3.63, 3.8) is 0 Å². The second-order valence-electron chi connectivity index (χ2n) is 7.30. The van der Waals surface area contributed by atoms with Gasteiger partial charge in [-0.3, -0.25) is 4.79 Å². The van der Waals surface area contributed by atoms with Crippen LogP contribution in [0.4, 0.5) is 0 Å².